The highest BCUT2D eigenvalue weighted by atomic mass is 16.6. The molecule has 0 atom stereocenters. The molecule has 14 heavy (non-hydrogen) atoms. The van der Waals surface area contributed by atoms with Gasteiger partial charge in [-0.05, 0) is 16.0 Å². The molecule has 0 fully saturated rings. The summed E-state index contributed by atoms with van der Waals surface area (Å²) in [6.07, 6.45) is -0.170. The summed E-state index contributed by atoms with van der Waals surface area (Å²) >= 11 is 0. The molecule has 0 radical (unpaired) electrons. The van der Waals surface area contributed by atoms with Crippen LogP contribution >= 0.6 is 0 Å². The second-order valence-electron chi connectivity index (χ2n) is 2.74. The van der Waals surface area contributed by atoms with Gasteiger partial charge in [-0.3, -0.25) is 4.79 Å². The van der Waals surface area contributed by atoms with E-state index in [1.807, 2.05) is 0 Å². The lowest BCUT2D eigenvalue weighted by Gasteiger charge is -1.98. The molecule has 1 rings (SSSR count). The fourth-order valence-corrected chi connectivity index (χ4v) is 1.03. The van der Waals surface area contributed by atoms with Gasteiger partial charge in [-0.1, -0.05) is 0 Å². The first-order chi connectivity index (χ1) is 6.50. The largest absolute Gasteiger partial charge is 0.481 e. The van der Waals surface area contributed by atoms with Crippen LogP contribution in [0.4, 0.5) is 5.82 Å². The Morgan fingerprint density at radius 1 is 1.64 bits per heavy atom. The van der Waals surface area contributed by atoms with Crippen molar-refractivity contribution in [3.05, 3.63) is 33.5 Å². The second kappa shape index (κ2) is 3.82. The number of carboxylic acid groups (broad SMARTS) is 1. The summed E-state index contributed by atoms with van der Waals surface area (Å²) in [5.74, 6) is -1.25. The first kappa shape index (κ1) is 10.1. The van der Waals surface area contributed by atoms with Gasteiger partial charge in [0.1, 0.15) is 0 Å². The third kappa shape index (κ3) is 2.25. The van der Waals surface area contributed by atoms with E-state index in [0.717, 1.165) is 0 Å². The molecule has 0 saturated heterocycles. The molecule has 1 aromatic rings. The Balaban J connectivity index is 3.01. The lowest BCUT2D eigenvalue weighted by atomic mass is 10.1. The van der Waals surface area contributed by atoms with Crippen molar-refractivity contribution in [1.82, 2.24) is 4.98 Å². The highest BCUT2D eigenvalue weighted by Gasteiger charge is 2.13. The van der Waals surface area contributed by atoms with Gasteiger partial charge in [0, 0.05) is 18.6 Å². The van der Waals surface area contributed by atoms with E-state index in [1.165, 1.54) is 12.1 Å². The Labute approximate surface area is 79.4 Å². The summed E-state index contributed by atoms with van der Waals surface area (Å²) in [6.45, 7) is 1.55. The molecular formula is C8H8N2O4. The summed E-state index contributed by atoms with van der Waals surface area (Å²) < 4.78 is 0. The molecule has 6 nitrogen and oxygen atoms in total. The van der Waals surface area contributed by atoms with Crippen LogP contribution in [0.25, 0.3) is 0 Å². The van der Waals surface area contributed by atoms with Crippen LogP contribution in [0.1, 0.15) is 11.3 Å². The number of nitro groups is 1. The molecule has 0 bridgehead atoms. The Hall–Kier alpha value is -1.98. The van der Waals surface area contributed by atoms with Gasteiger partial charge < -0.3 is 15.2 Å². The minimum absolute atomic E-state index is 0.170. The van der Waals surface area contributed by atoms with Crippen molar-refractivity contribution in [2.45, 2.75) is 13.3 Å². The lowest BCUT2D eigenvalue weighted by molar-refractivity contribution is -0.389. The molecule has 0 aliphatic heterocycles. The maximum Gasteiger partial charge on any atom is 0.363 e. The van der Waals surface area contributed by atoms with E-state index in [2.05, 4.69) is 4.98 Å². The van der Waals surface area contributed by atoms with Crippen LogP contribution in [-0.2, 0) is 11.2 Å². The number of hydrogen-bond acceptors (Lipinski definition) is 4. The highest BCUT2D eigenvalue weighted by Crippen LogP contribution is 2.12. The zero-order valence-corrected chi connectivity index (χ0v) is 7.43. The maximum atomic E-state index is 10.4. The fourth-order valence-electron chi connectivity index (χ4n) is 1.03. The number of nitrogens with zero attached hydrogens (tertiary/aromatic N) is 2. The number of aryl methyl sites for hydroxylation is 1. The van der Waals surface area contributed by atoms with Gasteiger partial charge in [-0.15, -0.1) is 0 Å². The molecule has 74 valence electrons. The van der Waals surface area contributed by atoms with E-state index >= 15 is 0 Å². The number of aromatic nitrogens is 1. The standard InChI is InChI=1S/C8H8N2O4/c1-5-6(4-8(11)12)2-3-7(9-5)10(13)14/h2-3H,4H2,1H3,(H,11,12). The van der Waals surface area contributed by atoms with Crippen molar-refractivity contribution < 1.29 is 14.8 Å². The average molecular weight is 196 g/mol. The quantitative estimate of drug-likeness (QED) is 0.573. The summed E-state index contributed by atoms with van der Waals surface area (Å²) in [7, 11) is 0. The smallest absolute Gasteiger partial charge is 0.363 e. The normalized spacial score (nSPS) is 9.79. The molecule has 0 saturated carbocycles. The van der Waals surface area contributed by atoms with E-state index in [4.69, 9.17) is 5.11 Å². The summed E-state index contributed by atoms with van der Waals surface area (Å²) in [4.78, 5) is 23.7. The van der Waals surface area contributed by atoms with Gasteiger partial charge in [-0.25, -0.2) is 0 Å². The molecule has 1 N–H and O–H groups in total. The van der Waals surface area contributed by atoms with Crippen LogP contribution in [0.2, 0.25) is 0 Å². The summed E-state index contributed by atoms with van der Waals surface area (Å²) in [5.41, 5.74) is 0.865. The number of rotatable bonds is 3. The minimum Gasteiger partial charge on any atom is -0.481 e. The minimum atomic E-state index is -0.983. The van der Waals surface area contributed by atoms with Crippen LogP contribution in [-0.4, -0.2) is 21.0 Å². The Bertz CT molecular complexity index is 389. The van der Waals surface area contributed by atoms with Crippen molar-refractivity contribution in [1.29, 1.82) is 0 Å². The molecule has 0 aliphatic rings. The van der Waals surface area contributed by atoms with E-state index in [9.17, 15) is 14.9 Å². The van der Waals surface area contributed by atoms with Crippen LogP contribution in [0.15, 0.2) is 12.1 Å². The van der Waals surface area contributed by atoms with Crippen LogP contribution in [0.5, 0.6) is 0 Å². The third-order valence-electron chi connectivity index (χ3n) is 1.71. The predicted molar refractivity (Wildman–Crippen MR) is 47.0 cm³/mol. The van der Waals surface area contributed by atoms with Crippen molar-refractivity contribution >= 4 is 11.8 Å². The first-order valence-electron chi connectivity index (χ1n) is 3.83. The number of hydrogen-bond donors (Lipinski definition) is 1. The Morgan fingerprint density at radius 2 is 2.29 bits per heavy atom. The lowest BCUT2D eigenvalue weighted by Crippen LogP contribution is -2.04. The number of carboxylic acids is 1. The molecule has 6 heteroatoms. The fraction of sp³-hybridized carbons (Fsp3) is 0.250. The molecular weight excluding hydrogens is 188 g/mol. The SMILES string of the molecule is Cc1nc([N+](=O)[O-])ccc1CC(=O)O. The number of carbonyl (C=O) groups is 1. The predicted octanol–water partition coefficient (Wildman–Crippen LogP) is 0.925. The van der Waals surface area contributed by atoms with Gasteiger partial charge in [0.05, 0.1) is 6.42 Å². The highest BCUT2D eigenvalue weighted by molar-refractivity contribution is 5.70. The van der Waals surface area contributed by atoms with Gasteiger partial charge in [0.2, 0.25) is 0 Å². The van der Waals surface area contributed by atoms with Crippen molar-refractivity contribution in [3.8, 4) is 0 Å². The Morgan fingerprint density at radius 3 is 2.71 bits per heavy atom. The van der Waals surface area contributed by atoms with E-state index < -0.39 is 10.9 Å². The zero-order chi connectivity index (χ0) is 10.7. The van der Waals surface area contributed by atoms with Gasteiger partial charge in [0.15, 0.2) is 5.69 Å². The van der Waals surface area contributed by atoms with E-state index in [0.29, 0.717) is 11.3 Å². The molecule has 0 aliphatic carbocycles. The number of pyridine rings is 1. The second-order valence-corrected chi connectivity index (χ2v) is 2.74. The third-order valence-corrected chi connectivity index (χ3v) is 1.71. The first-order valence-corrected chi connectivity index (χ1v) is 3.83. The van der Waals surface area contributed by atoms with Crippen LogP contribution in [0.3, 0.4) is 0 Å². The van der Waals surface area contributed by atoms with Gasteiger partial charge >= 0.3 is 11.8 Å². The zero-order valence-electron chi connectivity index (χ0n) is 7.43. The molecule has 0 unspecified atom stereocenters. The van der Waals surface area contributed by atoms with Crippen molar-refractivity contribution in [2.75, 3.05) is 0 Å². The van der Waals surface area contributed by atoms with Crippen LogP contribution in [0, 0.1) is 17.0 Å². The molecule has 0 spiro atoms. The van der Waals surface area contributed by atoms with E-state index in [1.54, 1.807) is 6.92 Å². The topological polar surface area (TPSA) is 93.3 Å². The summed E-state index contributed by atoms with van der Waals surface area (Å²) in [5, 5.41) is 18.8. The van der Waals surface area contributed by atoms with E-state index in [-0.39, 0.29) is 12.2 Å². The Kier molecular flexibility index (Phi) is 2.76. The van der Waals surface area contributed by atoms with Gasteiger partial charge in [-0.2, -0.15) is 0 Å². The monoisotopic (exact) mass is 196 g/mol. The summed E-state index contributed by atoms with van der Waals surface area (Å²) in [6, 6.07) is 2.61. The van der Waals surface area contributed by atoms with Crippen molar-refractivity contribution in [3.63, 3.8) is 0 Å². The number of aliphatic carboxylic acids is 1. The van der Waals surface area contributed by atoms with Gasteiger partial charge in [0.25, 0.3) is 0 Å². The molecule has 1 heterocycles. The van der Waals surface area contributed by atoms with Crippen LogP contribution < -0.4 is 0 Å². The maximum absolute atomic E-state index is 10.4. The molecule has 0 aromatic carbocycles. The molecule has 1 aromatic heterocycles. The molecule has 0 amide bonds. The van der Waals surface area contributed by atoms with Crippen molar-refractivity contribution in [2.24, 2.45) is 0 Å². The average Bonchev–Trinajstić information content (AvgIpc) is 2.07.